The van der Waals surface area contributed by atoms with Crippen molar-refractivity contribution < 1.29 is 19.1 Å². The van der Waals surface area contributed by atoms with E-state index in [2.05, 4.69) is 5.32 Å². The number of hydrogen-bond donors (Lipinski definition) is 1. The van der Waals surface area contributed by atoms with Gasteiger partial charge in [-0.15, -0.1) is 0 Å². The molecule has 0 aromatic heterocycles. The van der Waals surface area contributed by atoms with Crippen LogP contribution in [0.1, 0.15) is 45.2 Å². The zero-order valence-corrected chi connectivity index (χ0v) is 12.8. The van der Waals surface area contributed by atoms with Crippen LogP contribution >= 0.6 is 0 Å². The van der Waals surface area contributed by atoms with E-state index < -0.39 is 0 Å². The van der Waals surface area contributed by atoms with E-state index in [4.69, 9.17) is 9.47 Å². The second-order valence-corrected chi connectivity index (χ2v) is 4.48. The molecular formula is C16H23NO4. The van der Waals surface area contributed by atoms with Crippen molar-refractivity contribution in [1.82, 2.24) is 5.32 Å². The molecule has 1 rings (SSSR count). The predicted octanol–water partition coefficient (Wildman–Crippen LogP) is 2.61. The summed E-state index contributed by atoms with van der Waals surface area (Å²) in [6.45, 7) is 6.37. The highest BCUT2D eigenvalue weighted by Crippen LogP contribution is 2.21. The van der Waals surface area contributed by atoms with Crippen molar-refractivity contribution in [2.24, 2.45) is 0 Å². The normalized spacial score (nSPS) is 11.6. The van der Waals surface area contributed by atoms with Crippen molar-refractivity contribution in [3.05, 3.63) is 29.8 Å². The van der Waals surface area contributed by atoms with E-state index in [9.17, 15) is 9.59 Å². The third kappa shape index (κ3) is 5.85. The van der Waals surface area contributed by atoms with Crippen molar-refractivity contribution in [3.63, 3.8) is 0 Å². The van der Waals surface area contributed by atoms with Gasteiger partial charge in [0.15, 0.2) is 0 Å². The van der Waals surface area contributed by atoms with Gasteiger partial charge in [-0.05, 0) is 31.5 Å². The number of rotatable bonds is 8. The third-order valence-electron chi connectivity index (χ3n) is 2.93. The van der Waals surface area contributed by atoms with E-state index in [0.29, 0.717) is 19.6 Å². The maximum atomic E-state index is 11.7. The molecule has 0 fully saturated rings. The highest BCUT2D eigenvalue weighted by Gasteiger charge is 2.18. The van der Waals surface area contributed by atoms with Gasteiger partial charge in [0, 0.05) is 6.42 Å². The molecule has 1 amide bonds. The molecule has 0 aliphatic rings. The molecule has 0 unspecified atom stereocenters. The van der Waals surface area contributed by atoms with Crippen LogP contribution < -0.4 is 10.1 Å². The van der Waals surface area contributed by atoms with E-state index in [1.54, 1.807) is 13.8 Å². The quantitative estimate of drug-likeness (QED) is 0.748. The molecule has 0 saturated heterocycles. The van der Waals surface area contributed by atoms with Gasteiger partial charge in [0.2, 0.25) is 5.91 Å². The van der Waals surface area contributed by atoms with Crippen LogP contribution in [0.2, 0.25) is 0 Å². The number of amides is 1. The number of ether oxygens (including phenoxy) is 2. The first-order chi connectivity index (χ1) is 10.1. The lowest BCUT2D eigenvalue weighted by molar-refractivity contribution is -0.143. The van der Waals surface area contributed by atoms with E-state index in [1.165, 1.54) is 0 Å². The van der Waals surface area contributed by atoms with Crippen LogP contribution in [0.5, 0.6) is 5.75 Å². The van der Waals surface area contributed by atoms with Gasteiger partial charge < -0.3 is 14.8 Å². The Morgan fingerprint density at radius 3 is 2.29 bits per heavy atom. The zero-order valence-electron chi connectivity index (χ0n) is 12.8. The zero-order chi connectivity index (χ0) is 15.7. The standard InChI is InChI=1S/C16H23NO4/c1-4-15(18)17-14(11-16(19)21-6-3)12-7-9-13(10-8-12)20-5-2/h7-10,14H,4-6,11H2,1-3H3,(H,17,18)/t14-/m0/s1. The summed E-state index contributed by atoms with van der Waals surface area (Å²) in [5.41, 5.74) is 0.855. The minimum atomic E-state index is -0.382. The Balaban J connectivity index is 2.83. The average molecular weight is 293 g/mol. The fourth-order valence-corrected chi connectivity index (χ4v) is 1.90. The molecule has 1 N–H and O–H groups in total. The van der Waals surface area contributed by atoms with Crippen molar-refractivity contribution >= 4 is 11.9 Å². The van der Waals surface area contributed by atoms with E-state index >= 15 is 0 Å². The van der Waals surface area contributed by atoms with Crippen LogP contribution in [-0.2, 0) is 14.3 Å². The lowest BCUT2D eigenvalue weighted by atomic mass is 10.0. The van der Waals surface area contributed by atoms with Crippen LogP contribution in [0, 0.1) is 0 Å². The van der Waals surface area contributed by atoms with Gasteiger partial charge in [-0.25, -0.2) is 0 Å². The predicted molar refractivity (Wildman–Crippen MR) is 80.0 cm³/mol. The summed E-state index contributed by atoms with van der Waals surface area (Å²) < 4.78 is 10.3. The van der Waals surface area contributed by atoms with E-state index in [1.807, 2.05) is 31.2 Å². The lowest BCUT2D eigenvalue weighted by Gasteiger charge is -2.18. The van der Waals surface area contributed by atoms with Gasteiger partial charge in [-0.3, -0.25) is 9.59 Å². The van der Waals surface area contributed by atoms with Crippen molar-refractivity contribution in [2.75, 3.05) is 13.2 Å². The molecule has 1 atom stereocenters. The molecule has 21 heavy (non-hydrogen) atoms. The number of esters is 1. The van der Waals surface area contributed by atoms with Gasteiger partial charge in [-0.1, -0.05) is 19.1 Å². The third-order valence-corrected chi connectivity index (χ3v) is 2.93. The van der Waals surface area contributed by atoms with Gasteiger partial charge in [0.25, 0.3) is 0 Å². The van der Waals surface area contributed by atoms with Crippen molar-refractivity contribution in [3.8, 4) is 5.75 Å². The minimum absolute atomic E-state index is 0.0989. The molecule has 0 spiro atoms. The molecule has 5 heteroatoms. The minimum Gasteiger partial charge on any atom is -0.494 e. The summed E-state index contributed by atoms with van der Waals surface area (Å²) in [6, 6.07) is 6.98. The molecule has 1 aromatic carbocycles. The smallest absolute Gasteiger partial charge is 0.308 e. The van der Waals surface area contributed by atoms with Crippen molar-refractivity contribution in [1.29, 1.82) is 0 Å². The summed E-state index contributed by atoms with van der Waals surface area (Å²) in [4.78, 5) is 23.3. The number of benzene rings is 1. The first-order valence-corrected chi connectivity index (χ1v) is 7.28. The highest BCUT2D eigenvalue weighted by atomic mass is 16.5. The van der Waals surface area contributed by atoms with Gasteiger partial charge in [0.05, 0.1) is 25.7 Å². The first-order valence-electron chi connectivity index (χ1n) is 7.28. The summed E-state index contributed by atoms with van der Waals surface area (Å²) in [5.74, 6) is 0.337. The SMILES string of the molecule is CCOC(=O)C[C@H](NC(=O)CC)c1ccc(OCC)cc1. The number of carbonyl (C=O) groups is 2. The largest absolute Gasteiger partial charge is 0.494 e. The molecule has 0 aliphatic carbocycles. The molecule has 1 aromatic rings. The summed E-state index contributed by atoms with van der Waals surface area (Å²) in [6.07, 6.45) is 0.490. The Morgan fingerprint density at radius 2 is 1.76 bits per heavy atom. The monoisotopic (exact) mass is 293 g/mol. The molecule has 116 valence electrons. The Bertz CT molecular complexity index is 456. The molecule has 0 bridgehead atoms. The second-order valence-electron chi connectivity index (χ2n) is 4.48. The van der Waals surface area contributed by atoms with Crippen LogP contribution in [0.3, 0.4) is 0 Å². The number of carbonyl (C=O) groups excluding carboxylic acids is 2. The highest BCUT2D eigenvalue weighted by molar-refractivity contribution is 5.77. The topological polar surface area (TPSA) is 64.6 Å². The Hall–Kier alpha value is -2.04. The van der Waals surface area contributed by atoms with Gasteiger partial charge >= 0.3 is 5.97 Å². The molecule has 0 aliphatic heterocycles. The van der Waals surface area contributed by atoms with Crippen LogP contribution in [0.4, 0.5) is 0 Å². The van der Waals surface area contributed by atoms with Crippen LogP contribution in [0.15, 0.2) is 24.3 Å². The molecule has 0 heterocycles. The van der Waals surface area contributed by atoms with Crippen LogP contribution in [-0.4, -0.2) is 25.1 Å². The summed E-state index contributed by atoms with van der Waals surface area (Å²) in [7, 11) is 0. The molecule has 5 nitrogen and oxygen atoms in total. The molecule has 0 radical (unpaired) electrons. The van der Waals surface area contributed by atoms with Gasteiger partial charge in [-0.2, -0.15) is 0 Å². The molecule has 0 saturated carbocycles. The lowest BCUT2D eigenvalue weighted by Crippen LogP contribution is -2.30. The fourth-order valence-electron chi connectivity index (χ4n) is 1.90. The maximum absolute atomic E-state index is 11.7. The second kappa shape index (κ2) is 9.00. The van der Waals surface area contributed by atoms with E-state index in [-0.39, 0.29) is 24.3 Å². The summed E-state index contributed by atoms with van der Waals surface area (Å²) in [5, 5.41) is 2.84. The maximum Gasteiger partial charge on any atom is 0.308 e. The Kier molecular flexibility index (Phi) is 7.29. The fraction of sp³-hybridized carbons (Fsp3) is 0.500. The van der Waals surface area contributed by atoms with Crippen LogP contribution in [0.25, 0.3) is 0 Å². The van der Waals surface area contributed by atoms with Crippen molar-refractivity contribution in [2.45, 2.75) is 39.7 Å². The number of nitrogens with one attached hydrogen (secondary N) is 1. The van der Waals surface area contributed by atoms with Gasteiger partial charge in [0.1, 0.15) is 5.75 Å². The summed E-state index contributed by atoms with van der Waals surface area (Å²) >= 11 is 0. The molecular weight excluding hydrogens is 270 g/mol. The van der Waals surface area contributed by atoms with E-state index in [0.717, 1.165) is 11.3 Å². The Labute approximate surface area is 125 Å². The Morgan fingerprint density at radius 1 is 1.10 bits per heavy atom. The first kappa shape index (κ1) is 17.0. The number of hydrogen-bond acceptors (Lipinski definition) is 4. The average Bonchev–Trinajstić information content (AvgIpc) is 2.48.